The Morgan fingerprint density at radius 3 is 2.50 bits per heavy atom. The van der Waals surface area contributed by atoms with E-state index in [0.717, 1.165) is 11.3 Å². The number of carbonyl (C=O) groups is 1. The highest BCUT2D eigenvalue weighted by Gasteiger charge is 2.23. The van der Waals surface area contributed by atoms with Crippen molar-refractivity contribution in [3.63, 3.8) is 0 Å². The summed E-state index contributed by atoms with van der Waals surface area (Å²) >= 11 is 0. The van der Waals surface area contributed by atoms with Gasteiger partial charge in [-0.05, 0) is 23.8 Å². The average molecular weight is 366 g/mol. The second-order valence-electron chi connectivity index (χ2n) is 5.85. The van der Waals surface area contributed by atoms with Gasteiger partial charge in [0.05, 0.1) is 17.8 Å². The number of rotatable bonds is 5. The van der Waals surface area contributed by atoms with Crippen LogP contribution in [0.3, 0.4) is 0 Å². The lowest BCUT2D eigenvalue weighted by Crippen LogP contribution is -2.33. The molecule has 0 spiro atoms. The molecule has 1 N–H and O–H groups in total. The molecule has 2 aromatic rings. The molecule has 0 aromatic heterocycles. The average Bonchev–Trinajstić information content (AvgIpc) is 3.05. The van der Waals surface area contributed by atoms with Crippen molar-refractivity contribution in [2.45, 2.75) is 18.9 Å². The summed E-state index contributed by atoms with van der Waals surface area (Å²) in [5.41, 5.74) is 0.992. The van der Waals surface area contributed by atoms with Gasteiger partial charge in [-0.25, -0.2) is 17.6 Å². The predicted octanol–water partition coefficient (Wildman–Crippen LogP) is 3.36. The van der Waals surface area contributed by atoms with Gasteiger partial charge in [-0.1, -0.05) is 17.3 Å². The van der Waals surface area contributed by atoms with Gasteiger partial charge >= 0.3 is 0 Å². The van der Waals surface area contributed by atoms with Gasteiger partial charge in [0.25, 0.3) is 5.91 Å². The van der Waals surface area contributed by atoms with Gasteiger partial charge in [-0.3, -0.25) is 4.79 Å². The Bertz CT molecular complexity index is 853. The zero-order valence-electron chi connectivity index (χ0n) is 13.4. The molecule has 1 heterocycles. The molecular formula is C18H14F4N2O2. The van der Waals surface area contributed by atoms with Gasteiger partial charge in [0.1, 0.15) is 17.7 Å². The molecule has 136 valence electrons. The molecule has 1 aliphatic rings. The Morgan fingerprint density at radius 2 is 1.77 bits per heavy atom. The fraction of sp³-hybridized carbons (Fsp3) is 0.222. The van der Waals surface area contributed by atoms with Crippen molar-refractivity contribution in [1.29, 1.82) is 0 Å². The van der Waals surface area contributed by atoms with Crippen LogP contribution in [0.5, 0.6) is 0 Å². The quantitative estimate of drug-likeness (QED) is 0.652. The van der Waals surface area contributed by atoms with E-state index in [0.29, 0.717) is 25.0 Å². The van der Waals surface area contributed by atoms with Crippen molar-refractivity contribution in [3.8, 4) is 0 Å². The number of nitrogens with zero attached hydrogens (tertiary/aromatic N) is 1. The monoisotopic (exact) mass is 366 g/mol. The minimum absolute atomic E-state index is 0.0215. The lowest BCUT2D eigenvalue weighted by molar-refractivity contribution is 0.0751. The fourth-order valence-electron chi connectivity index (χ4n) is 2.54. The van der Waals surface area contributed by atoms with Crippen molar-refractivity contribution < 1.29 is 27.2 Å². The molecule has 0 saturated carbocycles. The summed E-state index contributed by atoms with van der Waals surface area (Å²) in [5.74, 6) is -5.03. The Kier molecular flexibility index (Phi) is 5.20. The first kappa shape index (κ1) is 17.9. The maximum Gasteiger partial charge on any atom is 0.254 e. The molecule has 0 saturated heterocycles. The third-order valence-corrected chi connectivity index (χ3v) is 3.86. The highest BCUT2D eigenvalue weighted by atomic mass is 19.2. The molecule has 3 rings (SSSR count). The second kappa shape index (κ2) is 7.55. The van der Waals surface area contributed by atoms with Crippen LogP contribution in [-0.2, 0) is 11.3 Å². The van der Waals surface area contributed by atoms with E-state index < -0.39 is 35.0 Å². The van der Waals surface area contributed by atoms with Gasteiger partial charge in [0.2, 0.25) is 0 Å². The van der Waals surface area contributed by atoms with E-state index in [9.17, 15) is 22.4 Å². The minimum Gasteiger partial charge on any atom is -0.390 e. The van der Waals surface area contributed by atoms with Gasteiger partial charge in [-0.15, -0.1) is 0 Å². The van der Waals surface area contributed by atoms with Gasteiger partial charge in [-0.2, -0.15) is 0 Å². The van der Waals surface area contributed by atoms with Crippen molar-refractivity contribution in [2.75, 3.05) is 6.54 Å². The van der Waals surface area contributed by atoms with Crippen LogP contribution >= 0.6 is 0 Å². The first-order chi connectivity index (χ1) is 12.4. The van der Waals surface area contributed by atoms with Crippen LogP contribution in [0.1, 0.15) is 22.3 Å². The van der Waals surface area contributed by atoms with E-state index >= 15 is 0 Å². The van der Waals surface area contributed by atoms with E-state index in [1.165, 1.54) is 12.1 Å². The van der Waals surface area contributed by atoms with E-state index in [-0.39, 0.29) is 12.4 Å². The molecule has 8 heteroatoms. The molecule has 4 nitrogen and oxygen atoms in total. The van der Waals surface area contributed by atoms with Crippen molar-refractivity contribution in [3.05, 3.63) is 70.8 Å². The summed E-state index contributed by atoms with van der Waals surface area (Å²) in [6.07, 6.45) is 0.447. The molecule has 1 aliphatic heterocycles. The first-order valence-corrected chi connectivity index (χ1v) is 7.81. The molecule has 0 bridgehead atoms. The smallest absolute Gasteiger partial charge is 0.254 e. The first-order valence-electron chi connectivity index (χ1n) is 7.81. The number of hydrogen-bond acceptors (Lipinski definition) is 3. The van der Waals surface area contributed by atoms with Crippen LogP contribution in [0.2, 0.25) is 0 Å². The summed E-state index contributed by atoms with van der Waals surface area (Å²) in [6, 6.07) is 6.80. The molecule has 26 heavy (non-hydrogen) atoms. The second-order valence-corrected chi connectivity index (χ2v) is 5.85. The lowest BCUT2D eigenvalue weighted by atomic mass is 10.0. The van der Waals surface area contributed by atoms with Crippen LogP contribution in [0.15, 0.2) is 41.6 Å². The number of benzene rings is 2. The van der Waals surface area contributed by atoms with E-state index in [4.69, 9.17) is 4.84 Å². The SMILES string of the molecule is O=C(NC[C@@H]1CC(Cc2ccc(F)cc2)=NO1)c1cc(F)c(F)cc1F. The van der Waals surface area contributed by atoms with Crippen molar-refractivity contribution in [1.82, 2.24) is 5.32 Å². The summed E-state index contributed by atoms with van der Waals surface area (Å²) < 4.78 is 52.5. The number of amides is 1. The minimum atomic E-state index is -1.36. The maximum absolute atomic E-state index is 13.6. The van der Waals surface area contributed by atoms with Crippen molar-refractivity contribution in [2.24, 2.45) is 5.16 Å². The Hall–Kier alpha value is -2.90. The largest absolute Gasteiger partial charge is 0.390 e. The van der Waals surface area contributed by atoms with Crippen molar-refractivity contribution >= 4 is 11.6 Å². The molecule has 0 aliphatic carbocycles. The Labute approximate surface area is 146 Å². The molecule has 0 radical (unpaired) electrons. The highest BCUT2D eigenvalue weighted by molar-refractivity contribution is 5.94. The summed E-state index contributed by atoms with van der Waals surface area (Å²) in [5, 5.41) is 6.32. The van der Waals surface area contributed by atoms with E-state index in [1.807, 2.05) is 0 Å². The molecule has 0 unspecified atom stereocenters. The normalized spacial score (nSPS) is 16.2. The van der Waals surface area contributed by atoms with E-state index in [1.54, 1.807) is 12.1 Å². The third kappa shape index (κ3) is 4.19. The van der Waals surface area contributed by atoms with Crippen LogP contribution in [0.25, 0.3) is 0 Å². The molecule has 1 amide bonds. The Balaban J connectivity index is 1.51. The molecular weight excluding hydrogens is 352 g/mol. The van der Waals surface area contributed by atoms with Gasteiger partial charge in [0.15, 0.2) is 11.6 Å². The number of oxime groups is 1. The third-order valence-electron chi connectivity index (χ3n) is 3.86. The zero-order valence-corrected chi connectivity index (χ0v) is 13.4. The topological polar surface area (TPSA) is 50.7 Å². The summed E-state index contributed by atoms with van der Waals surface area (Å²) in [6.45, 7) is 0.0215. The number of nitrogens with one attached hydrogen (secondary N) is 1. The zero-order chi connectivity index (χ0) is 18.7. The Morgan fingerprint density at radius 1 is 1.08 bits per heavy atom. The standard InChI is InChI=1S/C18H14F4N2O2/c19-11-3-1-10(2-4-11)5-12-6-13(26-24-12)9-23-18(25)14-7-16(21)17(22)8-15(14)20/h1-4,7-8,13H,5-6,9H2,(H,23,25)/t13-/m0/s1. The highest BCUT2D eigenvalue weighted by Crippen LogP contribution is 2.16. The van der Waals surface area contributed by atoms with Crippen LogP contribution in [0, 0.1) is 23.3 Å². The number of halogens is 4. The van der Waals surface area contributed by atoms with Gasteiger partial charge in [0, 0.05) is 18.9 Å². The van der Waals surface area contributed by atoms with Crippen LogP contribution in [0.4, 0.5) is 17.6 Å². The maximum atomic E-state index is 13.6. The number of hydrogen-bond donors (Lipinski definition) is 1. The number of carbonyl (C=O) groups excluding carboxylic acids is 1. The van der Waals surface area contributed by atoms with Crippen LogP contribution in [-0.4, -0.2) is 24.3 Å². The molecule has 1 atom stereocenters. The lowest BCUT2D eigenvalue weighted by Gasteiger charge is -2.10. The van der Waals surface area contributed by atoms with Gasteiger partial charge < -0.3 is 10.2 Å². The molecule has 0 fully saturated rings. The summed E-state index contributed by atoms with van der Waals surface area (Å²) in [4.78, 5) is 17.1. The fourth-order valence-corrected chi connectivity index (χ4v) is 2.54. The summed E-state index contributed by atoms with van der Waals surface area (Å²) in [7, 11) is 0. The van der Waals surface area contributed by atoms with E-state index in [2.05, 4.69) is 10.5 Å². The molecule has 2 aromatic carbocycles. The predicted molar refractivity (Wildman–Crippen MR) is 85.7 cm³/mol. The van der Waals surface area contributed by atoms with Crippen LogP contribution < -0.4 is 5.32 Å².